The zero-order valence-electron chi connectivity index (χ0n) is 11.0. The molecule has 0 bridgehead atoms. The molecular formula is C15H24ClN. The number of rotatable bonds is 8. The van der Waals surface area contributed by atoms with E-state index in [2.05, 4.69) is 43.4 Å². The zero-order valence-corrected chi connectivity index (χ0v) is 11.8. The predicted octanol–water partition coefficient (Wildman–Crippen LogP) is 3.96. The lowest BCUT2D eigenvalue weighted by Crippen LogP contribution is -2.18. The number of halogens is 1. The van der Waals surface area contributed by atoms with Gasteiger partial charge in [0.25, 0.3) is 0 Å². The van der Waals surface area contributed by atoms with Crippen LogP contribution in [-0.2, 0) is 6.42 Å². The van der Waals surface area contributed by atoms with Crippen molar-refractivity contribution in [3.05, 3.63) is 35.4 Å². The monoisotopic (exact) mass is 253 g/mol. The Kier molecular flexibility index (Phi) is 7.30. The Morgan fingerprint density at radius 1 is 1.18 bits per heavy atom. The van der Waals surface area contributed by atoms with E-state index in [-0.39, 0.29) is 0 Å². The van der Waals surface area contributed by atoms with Crippen molar-refractivity contribution in [1.82, 2.24) is 5.32 Å². The number of nitrogens with one attached hydrogen (secondary N) is 1. The van der Waals surface area contributed by atoms with Gasteiger partial charge in [-0.15, -0.1) is 11.6 Å². The molecule has 1 unspecified atom stereocenters. The van der Waals surface area contributed by atoms with E-state index in [1.807, 2.05) is 0 Å². The van der Waals surface area contributed by atoms with Gasteiger partial charge < -0.3 is 5.32 Å². The van der Waals surface area contributed by atoms with Crippen molar-refractivity contribution >= 4 is 11.6 Å². The minimum atomic E-state index is 0.672. The summed E-state index contributed by atoms with van der Waals surface area (Å²) in [5, 5.41) is 3.40. The molecule has 0 heterocycles. The lowest BCUT2D eigenvalue weighted by atomic mass is 9.97. The molecule has 1 aromatic carbocycles. The summed E-state index contributed by atoms with van der Waals surface area (Å²) in [6, 6.07) is 9.04. The van der Waals surface area contributed by atoms with Crippen LogP contribution >= 0.6 is 11.6 Å². The van der Waals surface area contributed by atoms with Crippen LogP contribution in [0.5, 0.6) is 0 Å². The first kappa shape index (κ1) is 14.5. The van der Waals surface area contributed by atoms with E-state index in [0.29, 0.717) is 5.92 Å². The van der Waals surface area contributed by atoms with Gasteiger partial charge >= 0.3 is 0 Å². The highest BCUT2D eigenvalue weighted by Crippen LogP contribution is 2.18. The van der Waals surface area contributed by atoms with Crippen molar-refractivity contribution in [1.29, 1.82) is 0 Å². The van der Waals surface area contributed by atoms with Gasteiger partial charge in [-0.2, -0.15) is 0 Å². The molecule has 0 saturated carbocycles. The quantitative estimate of drug-likeness (QED) is 0.546. The maximum atomic E-state index is 5.62. The molecule has 1 atom stereocenters. The first-order chi connectivity index (χ1) is 8.27. The van der Waals surface area contributed by atoms with Gasteiger partial charge in [0, 0.05) is 5.88 Å². The number of hydrogen-bond acceptors (Lipinski definition) is 1. The molecule has 0 amide bonds. The van der Waals surface area contributed by atoms with E-state index in [1.165, 1.54) is 17.5 Å². The summed E-state index contributed by atoms with van der Waals surface area (Å²) in [5.74, 6) is 1.42. The summed E-state index contributed by atoms with van der Waals surface area (Å²) in [7, 11) is 0. The molecule has 0 fully saturated rings. The molecule has 2 heteroatoms. The lowest BCUT2D eigenvalue weighted by molar-refractivity contribution is 0.672. The Balaban J connectivity index is 2.30. The van der Waals surface area contributed by atoms with Crippen LogP contribution in [-0.4, -0.2) is 19.0 Å². The van der Waals surface area contributed by atoms with Crippen LogP contribution in [0.3, 0.4) is 0 Å². The van der Waals surface area contributed by atoms with Crippen molar-refractivity contribution in [2.24, 2.45) is 0 Å². The molecule has 0 aromatic heterocycles. The van der Waals surface area contributed by atoms with Crippen LogP contribution < -0.4 is 5.32 Å². The summed E-state index contributed by atoms with van der Waals surface area (Å²) in [6.45, 7) is 6.58. The topological polar surface area (TPSA) is 12.0 Å². The predicted molar refractivity (Wildman–Crippen MR) is 77.1 cm³/mol. The van der Waals surface area contributed by atoms with Crippen LogP contribution in [0, 0.1) is 0 Å². The highest BCUT2D eigenvalue weighted by molar-refractivity contribution is 6.17. The molecule has 17 heavy (non-hydrogen) atoms. The fourth-order valence-corrected chi connectivity index (χ4v) is 1.93. The largest absolute Gasteiger partial charge is 0.316 e. The second-order valence-electron chi connectivity index (χ2n) is 4.59. The van der Waals surface area contributed by atoms with Gasteiger partial charge in [-0.25, -0.2) is 0 Å². The van der Waals surface area contributed by atoms with Gasteiger partial charge in [-0.05, 0) is 49.4 Å². The second kappa shape index (κ2) is 8.54. The van der Waals surface area contributed by atoms with E-state index in [0.717, 1.165) is 31.8 Å². The molecule has 0 aliphatic rings. The van der Waals surface area contributed by atoms with Crippen molar-refractivity contribution in [3.8, 4) is 0 Å². The lowest BCUT2D eigenvalue weighted by Gasteiger charge is -2.10. The summed E-state index contributed by atoms with van der Waals surface area (Å²) in [4.78, 5) is 0. The standard InChI is InChI=1S/C15H24ClN/c1-3-13(2)15-7-5-14(6-8-15)9-12-17-11-4-10-16/h5-8,13,17H,3-4,9-12H2,1-2H3. The maximum absolute atomic E-state index is 5.62. The van der Waals surface area contributed by atoms with Crippen molar-refractivity contribution in [2.75, 3.05) is 19.0 Å². The summed E-state index contributed by atoms with van der Waals surface area (Å²) in [5.41, 5.74) is 2.86. The second-order valence-corrected chi connectivity index (χ2v) is 4.97. The SMILES string of the molecule is CCC(C)c1ccc(CCNCCCCl)cc1. The molecule has 0 spiro atoms. The van der Waals surface area contributed by atoms with Crippen LogP contribution in [0.4, 0.5) is 0 Å². The highest BCUT2D eigenvalue weighted by atomic mass is 35.5. The molecule has 0 aliphatic carbocycles. The van der Waals surface area contributed by atoms with Crippen LogP contribution in [0.1, 0.15) is 43.7 Å². The molecule has 1 N–H and O–H groups in total. The van der Waals surface area contributed by atoms with Gasteiger partial charge in [0.2, 0.25) is 0 Å². The van der Waals surface area contributed by atoms with Crippen molar-refractivity contribution in [2.45, 2.75) is 39.0 Å². The average molecular weight is 254 g/mol. The third kappa shape index (κ3) is 5.56. The molecule has 96 valence electrons. The van der Waals surface area contributed by atoms with Gasteiger partial charge in [0.15, 0.2) is 0 Å². The Bertz CT molecular complexity index is 294. The van der Waals surface area contributed by atoms with Gasteiger partial charge in [0.1, 0.15) is 0 Å². The van der Waals surface area contributed by atoms with Crippen molar-refractivity contribution in [3.63, 3.8) is 0 Å². The molecule has 1 aromatic rings. The Morgan fingerprint density at radius 2 is 1.88 bits per heavy atom. The number of alkyl halides is 1. The van der Waals surface area contributed by atoms with Crippen LogP contribution in [0.15, 0.2) is 24.3 Å². The fourth-order valence-electron chi connectivity index (χ4n) is 1.80. The summed E-state index contributed by atoms with van der Waals surface area (Å²) in [6.07, 6.45) is 3.36. The summed E-state index contributed by atoms with van der Waals surface area (Å²) >= 11 is 5.62. The molecule has 1 nitrogen and oxygen atoms in total. The number of benzene rings is 1. The van der Waals surface area contributed by atoms with Gasteiger partial charge in [-0.1, -0.05) is 38.1 Å². The van der Waals surface area contributed by atoms with Gasteiger partial charge in [0.05, 0.1) is 0 Å². The van der Waals surface area contributed by atoms with E-state index in [9.17, 15) is 0 Å². The maximum Gasteiger partial charge on any atom is 0.0235 e. The first-order valence-electron chi connectivity index (χ1n) is 6.63. The van der Waals surface area contributed by atoms with Crippen LogP contribution in [0.2, 0.25) is 0 Å². The molecule has 0 radical (unpaired) electrons. The zero-order chi connectivity index (χ0) is 12.5. The van der Waals surface area contributed by atoms with Crippen LogP contribution in [0.25, 0.3) is 0 Å². The Labute approximate surface area is 111 Å². The molecule has 0 aliphatic heterocycles. The highest BCUT2D eigenvalue weighted by Gasteiger charge is 2.02. The van der Waals surface area contributed by atoms with E-state index in [1.54, 1.807) is 0 Å². The Hall–Kier alpha value is -0.530. The Morgan fingerprint density at radius 3 is 2.47 bits per heavy atom. The normalized spacial score (nSPS) is 12.6. The third-order valence-corrected chi connectivity index (χ3v) is 3.51. The van der Waals surface area contributed by atoms with E-state index in [4.69, 9.17) is 11.6 Å². The average Bonchev–Trinajstić information content (AvgIpc) is 2.38. The van der Waals surface area contributed by atoms with E-state index < -0.39 is 0 Å². The minimum Gasteiger partial charge on any atom is -0.316 e. The molecule has 0 saturated heterocycles. The summed E-state index contributed by atoms with van der Waals surface area (Å²) < 4.78 is 0. The third-order valence-electron chi connectivity index (χ3n) is 3.24. The fraction of sp³-hybridized carbons (Fsp3) is 0.600. The molecular weight excluding hydrogens is 230 g/mol. The number of hydrogen-bond donors (Lipinski definition) is 1. The van der Waals surface area contributed by atoms with Gasteiger partial charge in [-0.3, -0.25) is 0 Å². The van der Waals surface area contributed by atoms with E-state index >= 15 is 0 Å². The van der Waals surface area contributed by atoms with Crippen molar-refractivity contribution < 1.29 is 0 Å². The first-order valence-corrected chi connectivity index (χ1v) is 7.17. The molecule has 1 rings (SSSR count). The minimum absolute atomic E-state index is 0.672. The smallest absolute Gasteiger partial charge is 0.0235 e.